The van der Waals surface area contributed by atoms with E-state index in [9.17, 15) is 19.2 Å². The minimum atomic E-state index is -1.08. The Labute approximate surface area is 253 Å². The molecule has 0 saturated carbocycles. The molecule has 0 aliphatic carbocycles. The van der Waals surface area contributed by atoms with Crippen LogP contribution in [0, 0.1) is 11.7 Å². The zero-order valence-electron chi connectivity index (χ0n) is 23.6. The van der Waals surface area contributed by atoms with Crippen molar-refractivity contribution in [3.05, 3.63) is 45.9 Å². The number of carboxylic acids is 2. The molecule has 2 heterocycles. The Bertz CT molecular complexity index is 1690. The third-order valence-electron chi connectivity index (χ3n) is 6.53. The predicted octanol–water partition coefficient (Wildman–Crippen LogP) is 6.46. The van der Waals surface area contributed by atoms with Crippen molar-refractivity contribution >= 4 is 66.4 Å². The number of rotatable bonds is 16. The van der Waals surface area contributed by atoms with Crippen molar-refractivity contribution in [2.75, 3.05) is 27.4 Å². The molecule has 4 rings (SSSR count). The van der Waals surface area contributed by atoms with Gasteiger partial charge in [0.25, 0.3) is 0 Å². The number of methoxy groups -OCH3 is 2. The van der Waals surface area contributed by atoms with Gasteiger partial charge in [-0.2, -0.15) is 0 Å². The first-order chi connectivity index (χ1) is 20.5. The van der Waals surface area contributed by atoms with E-state index in [1.54, 1.807) is 24.3 Å². The Morgan fingerprint density at radius 1 is 0.814 bits per heavy atom. The Kier molecular flexibility index (Phi) is 10.2. The van der Waals surface area contributed by atoms with Gasteiger partial charge < -0.3 is 29.2 Å². The number of thiophene rings is 2. The number of benzene rings is 2. The van der Waals surface area contributed by atoms with Gasteiger partial charge >= 0.3 is 11.9 Å². The summed E-state index contributed by atoms with van der Waals surface area (Å²) in [6.07, 6.45) is -0.150. The first kappa shape index (κ1) is 31.7. The summed E-state index contributed by atoms with van der Waals surface area (Å²) in [4.78, 5) is 47.5. The molecule has 0 radical (unpaired) electrons. The van der Waals surface area contributed by atoms with E-state index in [1.165, 1.54) is 38.5 Å². The summed E-state index contributed by atoms with van der Waals surface area (Å²) >= 11 is 2.31. The lowest BCUT2D eigenvalue weighted by Crippen LogP contribution is -2.13. The number of fused-ring (bicyclic) bond motifs is 2. The van der Waals surface area contributed by atoms with Crippen molar-refractivity contribution in [2.45, 2.75) is 32.6 Å². The lowest BCUT2D eigenvalue weighted by Gasteiger charge is -2.13. The van der Waals surface area contributed by atoms with Gasteiger partial charge in [-0.15, -0.1) is 22.7 Å². The van der Waals surface area contributed by atoms with Gasteiger partial charge in [0.2, 0.25) is 0 Å². The molecule has 0 bridgehead atoms. The number of hydrogen-bond acceptors (Lipinski definition) is 10. The van der Waals surface area contributed by atoms with Crippen LogP contribution in [0.15, 0.2) is 30.3 Å². The van der Waals surface area contributed by atoms with E-state index in [-0.39, 0.29) is 65.8 Å². The number of ether oxygens (including phenoxy) is 4. The van der Waals surface area contributed by atoms with Gasteiger partial charge in [0, 0.05) is 46.2 Å². The van der Waals surface area contributed by atoms with Crippen molar-refractivity contribution in [3.8, 4) is 23.0 Å². The molecule has 228 valence electrons. The lowest BCUT2D eigenvalue weighted by molar-refractivity contribution is -0.141. The second-order valence-corrected chi connectivity index (χ2v) is 11.8. The maximum absolute atomic E-state index is 15.4. The molecule has 0 aliphatic heterocycles. The van der Waals surface area contributed by atoms with Crippen molar-refractivity contribution in [1.82, 2.24) is 0 Å². The van der Waals surface area contributed by atoms with Crippen molar-refractivity contribution in [1.29, 1.82) is 0 Å². The average Bonchev–Trinajstić information content (AvgIpc) is 3.60. The summed E-state index contributed by atoms with van der Waals surface area (Å²) in [5.74, 6) is -3.34. The standard InChI is InChI=1S/C30H29FO10S2/c1-15(30(36)37)9-19(33)26-12-17-24(43-26)14-22(39-3)29(28(17)31)41-8-4-7-40-21-10-16-11-25(18(32)5-6-27(34)35)42-23(16)13-20(21)38-2/h10-15H,4-9H2,1-3H3,(H,34,35)(H,36,37)/t15-/m0/s1. The second kappa shape index (κ2) is 13.8. The van der Waals surface area contributed by atoms with E-state index in [0.29, 0.717) is 27.5 Å². The molecule has 0 unspecified atom stereocenters. The Morgan fingerprint density at radius 3 is 2.14 bits per heavy atom. The van der Waals surface area contributed by atoms with Crippen LogP contribution in [0.2, 0.25) is 0 Å². The van der Waals surface area contributed by atoms with Crippen molar-refractivity contribution in [2.24, 2.45) is 5.92 Å². The topological polar surface area (TPSA) is 146 Å². The zero-order valence-corrected chi connectivity index (χ0v) is 25.2. The molecular weight excluding hydrogens is 603 g/mol. The van der Waals surface area contributed by atoms with Gasteiger partial charge in [-0.05, 0) is 23.6 Å². The zero-order chi connectivity index (χ0) is 31.3. The Hall–Kier alpha value is -4.23. The normalized spacial score (nSPS) is 11.8. The number of ketones is 2. The Morgan fingerprint density at radius 2 is 1.47 bits per heavy atom. The number of carbonyl (C=O) groups excluding carboxylic acids is 2. The van der Waals surface area contributed by atoms with Crippen LogP contribution in [-0.2, 0) is 9.59 Å². The van der Waals surface area contributed by atoms with Gasteiger partial charge in [0.15, 0.2) is 40.4 Å². The summed E-state index contributed by atoms with van der Waals surface area (Å²) in [5.41, 5.74) is 0. The summed E-state index contributed by atoms with van der Waals surface area (Å²) in [7, 11) is 2.87. The molecule has 13 heteroatoms. The highest BCUT2D eigenvalue weighted by Crippen LogP contribution is 2.41. The maximum atomic E-state index is 15.4. The number of Topliss-reactive ketones (excluding diaryl/α,β-unsaturated/α-hetero) is 2. The van der Waals surface area contributed by atoms with Crippen LogP contribution in [-0.4, -0.2) is 61.2 Å². The third kappa shape index (κ3) is 7.41. The minimum absolute atomic E-state index is 0.0794. The quantitative estimate of drug-likeness (QED) is 0.104. The van der Waals surface area contributed by atoms with Gasteiger partial charge in [-0.1, -0.05) is 6.92 Å². The van der Waals surface area contributed by atoms with Crippen LogP contribution in [0.3, 0.4) is 0 Å². The first-order valence-corrected chi connectivity index (χ1v) is 14.8. The molecule has 4 aromatic rings. The molecule has 2 aromatic heterocycles. The molecular formula is C30H29FO10S2. The van der Waals surface area contributed by atoms with Gasteiger partial charge in [-0.25, -0.2) is 4.39 Å². The molecule has 1 atom stereocenters. The molecule has 2 N–H and O–H groups in total. The molecule has 0 spiro atoms. The smallest absolute Gasteiger partial charge is 0.306 e. The number of hydrogen-bond donors (Lipinski definition) is 2. The first-order valence-electron chi connectivity index (χ1n) is 13.2. The average molecular weight is 633 g/mol. The van der Waals surface area contributed by atoms with Crippen LogP contribution >= 0.6 is 22.7 Å². The molecule has 0 saturated heterocycles. The van der Waals surface area contributed by atoms with Crippen molar-refractivity contribution < 1.29 is 52.7 Å². The highest BCUT2D eigenvalue weighted by Gasteiger charge is 2.23. The van der Waals surface area contributed by atoms with Gasteiger partial charge in [0.05, 0.1) is 49.5 Å². The van der Waals surface area contributed by atoms with E-state index in [1.807, 2.05) is 0 Å². The summed E-state index contributed by atoms with van der Waals surface area (Å²) in [6, 6.07) is 8.16. The highest BCUT2D eigenvalue weighted by atomic mass is 32.1. The van der Waals surface area contributed by atoms with Crippen LogP contribution in [0.4, 0.5) is 4.39 Å². The Balaban J connectivity index is 1.41. The number of aliphatic carboxylic acids is 2. The number of halogens is 1. The highest BCUT2D eigenvalue weighted by molar-refractivity contribution is 7.21. The van der Waals surface area contributed by atoms with Crippen molar-refractivity contribution in [3.63, 3.8) is 0 Å². The van der Waals surface area contributed by atoms with E-state index in [0.717, 1.165) is 21.4 Å². The molecule has 0 fully saturated rings. The number of carbonyl (C=O) groups is 4. The molecule has 43 heavy (non-hydrogen) atoms. The fourth-order valence-electron chi connectivity index (χ4n) is 4.20. The second-order valence-electron chi connectivity index (χ2n) is 9.63. The van der Waals surface area contributed by atoms with Crippen LogP contribution in [0.5, 0.6) is 23.0 Å². The number of carboxylic acid groups (broad SMARTS) is 2. The largest absolute Gasteiger partial charge is 0.493 e. The SMILES string of the molecule is COc1cc2sc(C(=O)CCC(=O)O)cc2cc1OCCCOc1c(OC)cc2sc(C(=O)C[C@H](C)C(=O)O)cc2c1F. The predicted molar refractivity (Wildman–Crippen MR) is 159 cm³/mol. The van der Waals surface area contributed by atoms with Gasteiger partial charge in [0.1, 0.15) is 0 Å². The van der Waals surface area contributed by atoms with Gasteiger partial charge in [-0.3, -0.25) is 19.2 Å². The summed E-state index contributed by atoms with van der Waals surface area (Å²) in [6.45, 7) is 1.71. The maximum Gasteiger partial charge on any atom is 0.306 e. The van der Waals surface area contributed by atoms with E-state index in [2.05, 4.69) is 0 Å². The minimum Gasteiger partial charge on any atom is -0.493 e. The fourth-order valence-corrected chi connectivity index (χ4v) is 6.28. The van der Waals surface area contributed by atoms with Crippen LogP contribution in [0.1, 0.15) is 52.0 Å². The summed E-state index contributed by atoms with van der Waals surface area (Å²) in [5, 5.41) is 18.9. The van der Waals surface area contributed by atoms with Crippen LogP contribution in [0.25, 0.3) is 20.2 Å². The lowest BCUT2D eigenvalue weighted by atomic mass is 10.0. The molecule has 0 aliphatic rings. The monoisotopic (exact) mass is 632 g/mol. The van der Waals surface area contributed by atoms with E-state index in [4.69, 9.17) is 29.2 Å². The third-order valence-corrected chi connectivity index (χ3v) is 8.79. The van der Waals surface area contributed by atoms with E-state index < -0.39 is 23.7 Å². The van der Waals surface area contributed by atoms with E-state index >= 15 is 4.39 Å². The van der Waals surface area contributed by atoms with Crippen LogP contribution < -0.4 is 18.9 Å². The molecule has 2 aromatic carbocycles. The fraction of sp³-hybridized carbons (Fsp3) is 0.333. The summed E-state index contributed by atoms with van der Waals surface area (Å²) < 4.78 is 39.1. The molecule has 10 nitrogen and oxygen atoms in total. The molecule has 0 amide bonds.